The zero-order valence-electron chi connectivity index (χ0n) is 8.77. The number of hydrogen-bond donors (Lipinski definition) is 0. The van der Waals surface area contributed by atoms with Gasteiger partial charge in [-0.3, -0.25) is 0 Å². The first-order valence-electron chi connectivity index (χ1n) is 5.18. The van der Waals surface area contributed by atoms with E-state index in [4.69, 9.17) is 0 Å². The molecule has 1 rings (SSSR count). The van der Waals surface area contributed by atoms with Gasteiger partial charge in [0.25, 0.3) is 0 Å². The maximum atomic E-state index is 12.4. The highest BCUT2D eigenvalue weighted by molar-refractivity contribution is 4.78. The van der Waals surface area contributed by atoms with Crippen LogP contribution < -0.4 is 0 Å². The Kier molecular flexibility index (Phi) is 3.81. The Bertz CT molecular complexity index is 177. The molecule has 0 bridgehead atoms. The van der Waals surface area contributed by atoms with Crippen LogP contribution in [0, 0.1) is 11.8 Å². The van der Waals surface area contributed by atoms with E-state index in [0.717, 1.165) is 13.1 Å². The van der Waals surface area contributed by atoms with Crippen molar-refractivity contribution in [3.05, 3.63) is 0 Å². The third-order valence-corrected chi connectivity index (χ3v) is 2.59. The molecule has 0 aliphatic carbocycles. The Balaban J connectivity index is 2.44. The van der Waals surface area contributed by atoms with Crippen LogP contribution in [0.3, 0.4) is 0 Å². The number of halogens is 3. The average molecular weight is 209 g/mol. The van der Waals surface area contributed by atoms with E-state index in [-0.39, 0.29) is 6.54 Å². The molecule has 0 radical (unpaired) electrons. The van der Waals surface area contributed by atoms with Crippen molar-refractivity contribution in [2.24, 2.45) is 11.8 Å². The van der Waals surface area contributed by atoms with Crippen LogP contribution in [0.25, 0.3) is 0 Å². The van der Waals surface area contributed by atoms with Crippen LogP contribution >= 0.6 is 0 Å². The third kappa shape index (κ3) is 3.48. The molecule has 1 unspecified atom stereocenters. The molecule has 1 saturated heterocycles. The first-order valence-corrected chi connectivity index (χ1v) is 5.18. The Hall–Kier alpha value is -0.250. The van der Waals surface area contributed by atoms with Crippen LogP contribution in [0.4, 0.5) is 13.2 Å². The number of piperidine rings is 1. The lowest BCUT2D eigenvalue weighted by molar-refractivity contribution is -0.187. The van der Waals surface area contributed by atoms with Crippen molar-refractivity contribution in [3.8, 4) is 0 Å². The van der Waals surface area contributed by atoms with Crippen LogP contribution in [-0.4, -0.2) is 30.7 Å². The molecule has 1 aliphatic heterocycles. The largest absolute Gasteiger partial charge is 0.393 e. The lowest BCUT2D eigenvalue weighted by atomic mass is 9.97. The molecule has 1 heterocycles. The maximum Gasteiger partial charge on any atom is 0.393 e. The summed E-state index contributed by atoms with van der Waals surface area (Å²) in [7, 11) is 0. The molecular formula is C10H18F3N. The van der Waals surface area contributed by atoms with E-state index < -0.39 is 12.1 Å². The van der Waals surface area contributed by atoms with Crippen molar-refractivity contribution in [3.63, 3.8) is 0 Å². The summed E-state index contributed by atoms with van der Waals surface area (Å²) < 4.78 is 37.3. The zero-order chi connectivity index (χ0) is 10.8. The second-order valence-corrected chi connectivity index (χ2v) is 4.53. The first kappa shape index (κ1) is 11.8. The Morgan fingerprint density at radius 2 is 2.00 bits per heavy atom. The summed E-state index contributed by atoms with van der Waals surface area (Å²) in [6.07, 6.45) is -3.02. The third-order valence-electron chi connectivity index (χ3n) is 2.59. The normalized spacial score (nSPS) is 25.7. The molecular weight excluding hydrogens is 191 g/mol. The molecule has 1 fully saturated rings. The van der Waals surface area contributed by atoms with Gasteiger partial charge in [-0.15, -0.1) is 0 Å². The van der Waals surface area contributed by atoms with E-state index in [1.54, 1.807) is 0 Å². The molecule has 0 aromatic heterocycles. The predicted octanol–water partition coefficient (Wildman–Crippen LogP) is 2.92. The molecule has 1 aliphatic rings. The number of alkyl halides is 3. The van der Waals surface area contributed by atoms with Crippen molar-refractivity contribution in [1.29, 1.82) is 0 Å². The fourth-order valence-corrected chi connectivity index (χ4v) is 2.00. The summed E-state index contributed by atoms with van der Waals surface area (Å²) in [4.78, 5) is 1.94. The number of likely N-dealkylation sites (tertiary alicyclic amines) is 1. The second kappa shape index (κ2) is 4.51. The van der Waals surface area contributed by atoms with E-state index in [1.165, 1.54) is 0 Å². The van der Waals surface area contributed by atoms with E-state index in [0.29, 0.717) is 18.8 Å². The van der Waals surface area contributed by atoms with Gasteiger partial charge in [0.1, 0.15) is 0 Å². The molecule has 4 heteroatoms. The maximum absolute atomic E-state index is 12.4. The van der Waals surface area contributed by atoms with Crippen LogP contribution in [0.5, 0.6) is 0 Å². The first-order chi connectivity index (χ1) is 6.39. The fraction of sp³-hybridized carbons (Fsp3) is 1.00. The smallest absolute Gasteiger partial charge is 0.302 e. The zero-order valence-corrected chi connectivity index (χ0v) is 8.77. The molecule has 0 amide bonds. The fourth-order valence-electron chi connectivity index (χ4n) is 2.00. The molecule has 0 N–H and O–H groups in total. The standard InChI is InChI=1S/C10H18F3N/c1-8(2)6-14-5-3-4-9(7-14)10(11,12)13/h8-9H,3-7H2,1-2H3. The minimum absolute atomic E-state index is 0.196. The van der Waals surface area contributed by atoms with E-state index in [1.807, 2.05) is 18.7 Å². The van der Waals surface area contributed by atoms with E-state index in [9.17, 15) is 13.2 Å². The van der Waals surface area contributed by atoms with Gasteiger partial charge < -0.3 is 4.90 Å². The van der Waals surface area contributed by atoms with Gasteiger partial charge >= 0.3 is 6.18 Å². The molecule has 0 spiro atoms. The van der Waals surface area contributed by atoms with Gasteiger partial charge in [0.05, 0.1) is 5.92 Å². The van der Waals surface area contributed by atoms with Gasteiger partial charge in [-0.1, -0.05) is 13.8 Å². The summed E-state index contributed by atoms with van der Waals surface area (Å²) in [5, 5.41) is 0. The molecule has 84 valence electrons. The average Bonchev–Trinajstić information content (AvgIpc) is 2.01. The van der Waals surface area contributed by atoms with Gasteiger partial charge in [0.2, 0.25) is 0 Å². The van der Waals surface area contributed by atoms with Crippen molar-refractivity contribution < 1.29 is 13.2 Å². The van der Waals surface area contributed by atoms with Gasteiger partial charge in [0, 0.05) is 13.1 Å². The van der Waals surface area contributed by atoms with Crippen LogP contribution in [0.15, 0.2) is 0 Å². The second-order valence-electron chi connectivity index (χ2n) is 4.53. The lowest BCUT2D eigenvalue weighted by Gasteiger charge is -2.34. The summed E-state index contributed by atoms with van der Waals surface area (Å²) >= 11 is 0. The van der Waals surface area contributed by atoms with Crippen molar-refractivity contribution in [2.75, 3.05) is 19.6 Å². The summed E-state index contributed by atoms with van der Waals surface area (Å²) in [6, 6.07) is 0. The lowest BCUT2D eigenvalue weighted by Crippen LogP contribution is -2.42. The minimum Gasteiger partial charge on any atom is -0.302 e. The Morgan fingerprint density at radius 3 is 2.50 bits per heavy atom. The number of rotatable bonds is 2. The van der Waals surface area contributed by atoms with Gasteiger partial charge in [0.15, 0.2) is 0 Å². The summed E-state index contributed by atoms with van der Waals surface area (Å²) in [5.41, 5.74) is 0. The monoisotopic (exact) mass is 209 g/mol. The highest BCUT2D eigenvalue weighted by atomic mass is 19.4. The van der Waals surface area contributed by atoms with Crippen molar-refractivity contribution >= 4 is 0 Å². The highest BCUT2D eigenvalue weighted by Gasteiger charge is 2.41. The predicted molar refractivity (Wildman–Crippen MR) is 50.1 cm³/mol. The van der Waals surface area contributed by atoms with Crippen LogP contribution in [-0.2, 0) is 0 Å². The molecule has 0 aromatic rings. The Morgan fingerprint density at radius 1 is 1.36 bits per heavy atom. The highest BCUT2D eigenvalue weighted by Crippen LogP contribution is 2.33. The van der Waals surface area contributed by atoms with Gasteiger partial charge in [-0.2, -0.15) is 13.2 Å². The number of hydrogen-bond acceptors (Lipinski definition) is 1. The van der Waals surface area contributed by atoms with Crippen molar-refractivity contribution in [2.45, 2.75) is 32.9 Å². The topological polar surface area (TPSA) is 3.24 Å². The minimum atomic E-state index is -4.00. The summed E-state index contributed by atoms with van der Waals surface area (Å²) in [6.45, 7) is 5.88. The SMILES string of the molecule is CC(C)CN1CCCC(C(F)(F)F)C1. The van der Waals surface area contributed by atoms with E-state index in [2.05, 4.69) is 0 Å². The molecule has 0 saturated carbocycles. The van der Waals surface area contributed by atoms with E-state index >= 15 is 0 Å². The quantitative estimate of drug-likeness (QED) is 0.676. The van der Waals surface area contributed by atoms with Crippen LogP contribution in [0.2, 0.25) is 0 Å². The number of nitrogens with zero attached hydrogens (tertiary/aromatic N) is 1. The Labute approximate surface area is 83.3 Å². The molecule has 14 heavy (non-hydrogen) atoms. The molecule has 1 nitrogen and oxygen atoms in total. The summed E-state index contributed by atoms with van der Waals surface area (Å²) in [5.74, 6) is -0.656. The molecule has 0 aromatic carbocycles. The van der Waals surface area contributed by atoms with Crippen LogP contribution in [0.1, 0.15) is 26.7 Å². The van der Waals surface area contributed by atoms with Crippen molar-refractivity contribution in [1.82, 2.24) is 4.90 Å². The van der Waals surface area contributed by atoms with Gasteiger partial charge in [-0.25, -0.2) is 0 Å². The van der Waals surface area contributed by atoms with Gasteiger partial charge in [-0.05, 0) is 25.3 Å². The molecule has 1 atom stereocenters.